The largest absolute Gasteiger partial charge is 0.478 e. The Morgan fingerprint density at radius 2 is 2.29 bits per heavy atom. The molecule has 1 saturated heterocycles. The molecule has 2 aromatic rings. The van der Waals surface area contributed by atoms with Crippen LogP contribution in [0.2, 0.25) is 0 Å². The first kappa shape index (κ1) is 14.2. The summed E-state index contributed by atoms with van der Waals surface area (Å²) in [6.45, 7) is 4.23. The van der Waals surface area contributed by atoms with Gasteiger partial charge in [-0.25, -0.2) is 9.78 Å². The van der Waals surface area contributed by atoms with Gasteiger partial charge in [-0.3, -0.25) is 0 Å². The van der Waals surface area contributed by atoms with E-state index >= 15 is 0 Å². The van der Waals surface area contributed by atoms with Crippen LogP contribution >= 0.6 is 11.8 Å². The summed E-state index contributed by atoms with van der Waals surface area (Å²) in [4.78, 5) is 18.2. The summed E-state index contributed by atoms with van der Waals surface area (Å²) < 4.78 is 0. The minimum Gasteiger partial charge on any atom is -0.478 e. The number of nitrogens with zero attached hydrogens (tertiary/aromatic N) is 2. The van der Waals surface area contributed by atoms with Crippen molar-refractivity contribution in [3.05, 3.63) is 35.9 Å². The standard InChI is InChI=1S/C16H18N2O2S/c1-2-11-10-18(8-9-21-11)15-7-6-12-13(16(19)20)4-3-5-14(12)17-15/h3-7,11H,2,8-10H2,1H3,(H,19,20). The number of hydrogen-bond donors (Lipinski definition) is 1. The first-order chi connectivity index (χ1) is 10.2. The molecule has 1 unspecified atom stereocenters. The van der Waals surface area contributed by atoms with Gasteiger partial charge in [-0.2, -0.15) is 11.8 Å². The number of thioether (sulfide) groups is 1. The fourth-order valence-corrected chi connectivity index (χ4v) is 3.86. The normalized spacial score (nSPS) is 18.9. The third-order valence-corrected chi connectivity index (χ3v) is 5.24. The predicted molar refractivity (Wildman–Crippen MR) is 87.5 cm³/mol. The lowest BCUT2D eigenvalue weighted by Gasteiger charge is -2.32. The maximum Gasteiger partial charge on any atom is 0.336 e. The molecule has 110 valence electrons. The maximum atomic E-state index is 11.2. The molecule has 1 aliphatic rings. The molecule has 1 aliphatic heterocycles. The summed E-state index contributed by atoms with van der Waals surface area (Å²) in [5.41, 5.74) is 1.06. The Morgan fingerprint density at radius 3 is 3.05 bits per heavy atom. The zero-order valence-corrected chi connectivity index (χ0v) is 12.8. The molecule has 0 bridgehead atoms. The molecule has 5 heteroatoms. The van der Waals surface area contributed by atoms with Gasteiger partial charge in [0.2, 0.25) is 0 Å². The van der Waals surface area contributed by atoms with Gasteiger partial charge in [0, 0.05) is 29.5 Å². The molecular formula is C16H18N2O2S. The topological polar surface area (TPSA) is 53.4 Å². The number of rotatable bonds is 3. The summed E-state index contributed by atoms with van der Waals surface area (Å²) in [6, 6.07) is 9.07. The maximum absolute atomic E-state index is 11.2. The third kappa shape index (κ3) is 2.83. The van der Waals surface area contributed by atoms with E-state index in [1.54, 1.807) is 12.1 Å². The Labute approximate surface area is 128 Å². The number of carbonyl (C=O) groups is 1. The van der Waals surface area contributed by atoms with Crippen LogP contribution in [0.1, 0.15) is 23.7 Å². The second kappa shape index (κ2) is 5.93. The Kier molecular flexibility index (Phi) is 4.01. The van der Waals surface area contributed by atoms with Crippen LogP contribution in [-0.4, -0.2) is 40.2 Å². The molecule has 0 aliphatic carbocycles. The average molecular weight is 302 g/mol. The van der Waals surface area contributed by atoms with Crippen molar-refractivity contribution < 1.29 is 9.90 Å². The van der Waals surface area contributed by atoms with Crippen LogP contribution in [0.25, 0.3) is 10.9 Å². The lowest BCUT2D eigenvalue weighted by molar-refractivity contribution is 0.0699. The number of hydrogen-bond acceptors (Lipinski definition) is 4. The molecule has 2 heterocycles. The fourth-order valence-electron chi connectivity index (χ4n) is 2.68. The summed E-state index contributed by atoms with van der Waals surface area (Å²) in [6.07, 6.45) is 1.16. The molecule has 4 nitrogen and oxygen atoms in total. The Hall–Kier alpha value is -1.75. The zero-order valence-electron chi connectivity index (χ0n) is 12.0. The molecule has 1 atom stereocenters. The number of pyridine rings is 1. The second-order valence-corrected chi connectivity index (χ2v) is 6.60. The highest BCUT2D eigenvalue weighted by Gasteiger charge is 2.20. The van der Waals surface area contributed by atoms with E-state index in [9.17, 15) is 9.90 Å². The number of aromatic carboxylic acids is 1. The van der Waals surface area contributed by atoms with Crippen molar-refractivity contribution in [2.75, 3.05) is 23.7 Å². The lowest BCUT2D eigenvalue weighted by atomic mass is 10.1. The van der Waals surface area contributed by atoms with Crippen LogP contribution in [0.3, 0.4) is 0 Å². The number of anilines is 1. The van der Waals surface area contributed by atoms with Crippen LogP contribution in [0.15, 0.2) is 30.3 Å². The van der Waals surface area contributed by atoms with Gasteiger partial charge in [0.1, 0.15) is 5.82 Å². The van der Waals surface area contributed by atoms with Crippen molar-refractivity contribution in [1.29, 1.82) is 0 Å². The minimum absolute atomic E-state index is 0.312. The Morgan fingerprint density at radius 1 is 1.43 bits per heavy atom. The van der Waals surface area contributed by atoms with Crippen LogP contribution in [0, 0.1) is 0 Å². The highest BCUT2D eigenvalue weighted by Crippen LogP contribution is 2.27. The van der Waals surface area contributed by atoms with Crippen LogP contribution in [0.4, 0.5) is 5.82 Å². The monoisotopic (exact) mass is 302 g/mol. The van der Waals surface area contributed by atoms with Crippen molar-refractivity contribution in [1.82, 2.24) is 4.98 Å². The van der Waals surface area contributed by atoms with Gasteiger partial charge < -0.3 is 10.0 Å². The summed E-state index contributed by atoms with van der Waals surface area (Å²) >= 11 is 2.02. The summed E-state index contributed by atoms with van der Waals surface area (Å²) in [5, 5.41) is 10.6. The summed E-state index contributed by atoms with van der Waals surface area (Å²) in [7, 11) is 0. The first-order valence-corrected chi connectivity index (χ1v) is 8.23. The predicted octanol–water partition coefficient (Wildman–Crippen LogP) is 3.26. The molecule has 1 N–H and O–H groups in total. The molecule has 21 heavy (non-hydrogen) atoms. The highest BCUT2D eigenvalue weighted by molar-refractivity contribution is 8.00. The molecule has 0 saturated carbocycles. The van der Waals surface area contributed by atoms with Gasteiger partial charge >= 0.3 is 5.97 Å². The van der Waals surface area contributed by atoms with Crippen molar-refractivity contribution in [2.24, 2.45) is 0 Å². The van der Waals surface area contributed by atoms with Crippen molar-refractivity contribution in [3.8, 4) is 0 Å². The van der Waals surface area contributed by atoms with E-state index in [0.29, 0.717) is 16.2 Å². The number of carboxylic acids is 1. The molecule has 1 fully saturated rings. The molecule has 0 amide bonds. The van der Waals surface area contributed by atoms with E-state index in [2.05, 4.69) is 16.8 Å². The van der Waals surface area contributed by atoms with E-state index in [4.69, 9.17) is 0 Å². The van der Waals surface area contributed by atoms with Crippen molar-refractivity contribution >= 4 is 34.5 Å². The van der Waals surface area contributed by atoms with E-state index in [1.165, 1.54) is 0 Å². The second-order valence-electron chi connectivity index (χ2n) is 5.19. The Bertz CT molecular complexity index is 674. The molecule has 0 radical (unpaired) electrons. The van der Waals surface area contributed by atoms with Crippen LogP contribution in [-0.2, 0) is 0 Å². The van der Waals surface area contributed by atoms with Crippen molar-refractivity contribution in [2.45, 2.75) is 18.6 Å². The van der Waals surface area contributed by atoms with Gasteiger partial charge in [-0.1, -0.05) is 13.0 Å². The third-order valence-electron chi connectivity index (χ3n) is 3.87. The number of fused-ring (bicyclic) bond motifs is 1. The molecule has 3 rings (SSSR count). The molecule has 1 aromatic heterocycles. The molecule has 1 aromatic carbocycles. The van der Waals surface area contributed by atoms with Gasteiger partial charge in [-0.15, -0.1) is 0 Å². The number of benzene rings is 1. The average Bonchev–Trinajstić information content (AvgIpc) is 2.53. The first-order valence-electron chi connectivity index (χ1n) is 7.18. The number of carboxylic acid groups (broad SMARTS) is 1. The SMILES string of the molecule is CCC1CN(c2ccc3c(C(=O)O)cccc3n2)CCS1. The highest BCUT2D eigenvalue weighted by atomic mass is 32.2. The quantitative estimate of drug-likeness (QED) is 0.943. The fraction of sp³-hybridized carbons (Fsp3) is 0.375. The van der Waals surface area contributed by atoms with Crippen LogP contribution in [0.5, 0.6) is 0 Å². The van der Waals surface area contributed by atoms with E-state index in [1.807, 2.05) is 30.0 Å². The van der Waals surface area contributed by atoms with Gasteiger partial charge in [0.05, 0.1) is 11.1 Å². The van der Waals surface area contributed by atoms with Crippen molar-refractivity contribution in [3.63, 3.8) is 0 Å². The van der Waals surface area contributed by atoms with E-state index in [-0.39, 0.29) is 0 Å². The Balaban J connectivity index is 1.96. The van der Waals surface area contributed by atoms with Gasteiger partial charge in [0.25, 0.3) is 0 Å². The van der Waals surface area contributed by atoms with Crippen LogP contribution < -0.4 is 4.90 Å². The van der Waals surface area contributed by atoms with Gasteiger partial charge in [0.15, 0.2) is 0 Å². The van der Waals surface area contributed by atoms with E-state index < -0.39 is 5.97 Å². The molecular weight excluding hydrogens is 284 g/mol. The minimum atomic E-state index is -0.907. The van der Waals surface area contributed by atoms with E-state index in [0.717, 1.165) is 36.6 Å². The summed E-state index contributed by atoms with van der Waals surface area (Å²) in [5.74, 6) is 1.16. The molecule has 0 spiro atoms. The number of aromatic nitrogens is 1. The lowest BCUT2D eigenvalue weighted by Crippen LogP contribution is -2.38. The smallest absolute Gasteiger partial charge is 0.336 e. The zero-order chi connectivity index (χ0) is 14.8. The van der Waals surface area contributed by atoms with Gasteiger partial charge in [-0.05, 0) is 30.7 Å².